The van der Waals surface area contributed by atoms with E-state index < -0.39 is 17.8 Å². The summed E-state index contributed by atoms with van der Waals surface area (Å²) < 4.78 is 10.1. The molecule has 3 aromatic carbocycles. The molecule has 0 aromatic heterocycles. The van der Waals surface area contributed by atoms with Gasteiger partial charge in [0, 0.05) is 11.4 Å². The van der Waals surface area contributed by atoms with Crippen molar-refractivity contribution in [2.45, 2.75) is 13.3 Å². The summed E-state index contributed by atoms with van der Waals surface area (Å²) in [6.07, 6.45) is 0.0785. The summed E-state index contributed by atoms with van der Waals surface area (Å²) in [5.41, 5.74) is 2.36. The Morgan fingerprint density at radius 1 is 0.921 bits per heavy atom. The monoisotopic (exact) mass is 533 g/mol. The molecule has 4 rings (SSSR count). The van der Waals surface area contributed by atoms with Crippen molar-refractivity contribution in [3.05, 3.63) is 94.7 Å². The van der Waals surface area contributed by atoms with Crippen LogP contribution in [0.3, 0.4) is 0 Å². The topological polar surface area (TPSA) is 114 Å². The van der Waals surface area contributed by atoms with E-state index in [9.17, 15) is 19.2 Å². The lowest BCUT2D eigenvalue weighted by Crippen LogP contribution is -2.32. The van der Waals surface area contributed by atoms with E-state index in [-0.39, 0.29) is 23.1 Å². The van der Waals surface area contributed by atoms with Gasteiger partial charge < -0.3 is 20.1 Å². The number of anilines is 3. The number of carbonyl (C=O) groups is 4. The minimum Gasteiger partial charge on any atom is -0.494 e. The number of hydrogen-bond acceptors (Lipinski definition) is 7. The van der Waals surface area contributed by atoms with Gasteiger partial charge >= 0.3 is 5.97 Å². The van der Waals surface area contributed by atoms with Gasteiger partial charge in [-0.15, -0.1) is 0 Å². The van der Waals surface area contributed by atoms with Crippen molar-refractivity contribution in [3.63, 3.8) is 0 Å². The zero-order valence-corrected chi connectivity index (χ0v) is 21.4. The average Bonchev–Trinajstić information content (AvgIpc) is 3.13. The summed E-state index contributed by atoms with van der Waals surface area (Å²) in [4.78, 5) is 50.9. The predicted molar refractivity (Wildman–Crippen MR) is 143 cm³/mol. The molecule has 1 heterocycles. The van der Waals surface area contributed by atoms with Gasteiger partial charge in [0.05, 0.1) is 31.4 Å². The molecular formula is C28H24ClN3O6. The number of rotatable bonds is 9. The predicted octanol–water partition coefficient (Wildman–Crippen LogP) is 4.49. The number of carbonyl (C=O) groups excluding carboxylic acids is 4. The van der Waals surface area contributed by atoms with E-state index in [1.54, 1.807) is 66.7 Å². The molecule has 3 aromatic rings. The molecule has 0 fully saturated rings. The van der Waals surface area contributed by atoms with Crippen LogP contribution in [0.4, 0.5) is 17.1 Å². The van der Waals surface area contributed by atoms with Gasteiger partial charge in [-0.05, 0) is 67.1 Å². The third kappa shape index (κ3) is 5.84. The lowest BCUT2D eigenvalue weighted by molar-refractivity contribution is -0.120. The van der Waals surface area contributed by atoms with Crippen molar-refractivity contribution >= 4 is 52.4 Å². The molecule has 0 bridgehead atoms. The largest absolute Gasteiger partial charge is 0.494 e. The second-order valence-electron chi connectivity index (χ2n) is 8.18. The van der Waals surface area contributed by atoms with Crippen molar-refractivity contribution in [2.75, 3.05) is 29.3 Å². The Kier molecular flexibility index (Phi) is 8.08. The number of imide groups is 1. The second-order valence-corrected chi connectivity index (χ2v) is 8.56. The summed E-state index contributed by atoms with van der Waals surface area (Å²) in [5.74, 6) is -1.36. The van der Waals surface area contributed by atoms with Crippen LogP contribution in [-0.4, -0.2) is 37.4 Å². The second kappa shape index (κ2) is 11.6. The zero-order chi connectivity index (χ0) is 27.2. The smallest absolute Gasteiger partial charge is 0.337 e. The molecule has 0 aliphatic carbocycles. The van der Waals surface area contributed by atoms with Crippen LogP contribution in [0.25, 0.3) is 0 Å². The number of hydrogen-bond donors (Lipinski definition) is 2. The number of nitrogens with one attached hydrogen (secondary N) is 2. The number of nitrogens with zero attached hydrogens (tertiary/aromatic N) is 1. The van der Waals surface area contributed by atoms with Gasteiger partial charge in [-0.3, -0.25) is 14.4 Å². The quantitative estimate of drug-likeness (QED) is 0.308. The molecule has 1 aliphatic rings. The van der Waals surface area contributed by atoms with Crippen LogP contribution in [-0.2, 0) is 25.5 Å². The third-order valence-electron chi connectivity index (χ3n) is 5.59. The summed E-state index contributed by atoms with van der Waals surface area (Å²) in [5, 5.41) is 5.44. The Labute approximate surface area is 224 Å². The molecular weight excluding hydrogens is 510 g/mol. The fraction of sp³-hybridized carbons (Fsp3) is 0.143. The van der Waals surface area contributed by atoms with Crippen LogP contribution in [0, 0.1) is 0 Å². The number of methoxy groups -OCH3 is 1. The van der Waals surface area contributed by atoms with E-state index in [0.29, 0.717) is 40.5 Å². The molecule has 0 radical (unpaired) electrons. The Bertz CT molecular complexity index is 1420. The van der Waals surface area contributed by atoms with Crippen molar-refractivity contribution < 1.29 is 28.7 Å². The maximum Gasteiger partial charge on any atom is 0.337 e. The highest BCUT2D eigenvalue weighted by molar-refractivity contribution is 6.53. The van der Waals surface area contributed by atoms with Crippen LogP contribution in [0.1, 0.15) is 22.8 Å². The number of esters is 1. The molecule has 0 spiro atoms. The molecule has 9 nitrogen and oxygen atoms in total. The van der Waals surface area contributed by atoms with Crippen LogP contribution in [0.2, 0.25) is 0 Å². The zero-order valence-electron chi connectivity index (χ0n) is 20.6. The molecule has 0 saturated heterocycles. The highest BCUT2D eigenvalue weighted by atomic mass is 35.5. The molecule has 0 atom stereocenters. The first-order valence-electron chi connectivity index (χ1n) is 11.7. The van der Waals surface area contributed by atoms with Gasteiger partial charge in [0.1, 0.15) is 16.5 Å². The fourth-order valence-electron chi connectivity index (χ4n) is 3.79. The minimum atomic E-state index is -0.632. The van der Waals surface area contributed by atoms with Crippen molar-refractivity contribution in [1.82, 2.24) is 0 Å². The highest BCUT2D eigenvalue weighted by Gasteiger charge is 2.39. The van der Waals surface area contributed by atoms with Gasteiger partial charge in [-0.1, -0.05) is 29.8 Å². The molecule has 2 N–H and O–H groups in total. The number of halogens is 1. The normalized spacial score (nSPS) is 13.0. The van der Waals surface area contributed by atoms with Crippen molar-refractivity contribution in [3.8, 4) is 5.75 Å². The molecule has 0 saturated carbocycles. The molecule has 10 heteroatoms. The first kappa shape index (κ1) is 26.4. The van der Waals surface area contributed by atoms with Gasteiger partial charge in [-0.2, -0.15) is 0 Å². The first-order chi connectivity index (χ1) is 18.3. The average molecular weight is 534 g/mol. The van der Waals surface area contributed by atoms with Gasteiger partial charge in [0.25, 0.3) is 11.8 Å². The minimum absolute atomic E-state index is 0.0402. The van der Waals surface area contributed by atoms with E-state index in [0.717, 1.165) is 4.90 Å². The summed E-state index contributed by atoms with van der Waals surface area (Å²) in [6, 6.07) is 19.8. The Morgan fingerprint density at radius 2 is 1.63 bits per heavy atom. The fourth-order valence-corrected chi connectivity index (χ4v) is 4.00. The summed E-state index contributed by atoms with van der Waals surface area (Å²) in [6.45, 7) is 2.36. The maximum atomic E-state index is 13.0. The van der Waals surface area contributed by atoms with E-state index >= 15 is 0 Å². The maximum absolute atomic E-state index is 13.0. The van der Waals surface area contributed by atoms with Crippen LogP contribution in [0.15, 0.2) is 83.5 Å². The van der Waals surface area contributed by atoms with Crippen molar-refractivity contribution in [2.24, 2.45) is 0 Å². The number of benzene rings is 3. The van der Waals surface area contributed by atoms with Crippen LogP contribution >= 0.6 is 11.6 Å². The number of ether oxygens (including phenoxy) is 2. The summed E-state index contributed by atoms with van der Waals surface area (Å²) >= 11 is 6.21. The SMILES string of the molecule is CCOc1ccc(N2C(=O)C(Cl)=C(Nc3ccc(CC(=O)Nc4cccc(C(=O)OC)c4)cc3)C2=O)cc1. The van der Waals surface area contributed by atoms with Gasteiger partial charge in [-0.25, -0.2) is 9.69 Å². The molecule has 194 valence electrons. The Balaban J connectivity index is 1.39. The van der Waals surface area contributed by atoms with E-state index in [4.69, 9.17) is 21.1 Å². The van der Waals surface area contributed by atoms with Gasteiger partial charge in [0.15, 0.2) is 0 Å². The van der Waals surface area contributed by atoms with Gasteiger partial charge in [0.2, 0.25) is 5.91 Å². The molecule has 0 unspecified atom stereocenters. The first-order valence-corrected chi connectivity index (χ1v) is 12.0. The lowest BCUT2D eigenvalue weighted by atomic mass is 10.1. The number of amides is 3. The van der Waals surface area contributed by atoms with Crippen LogP contribution < -0.4 is 20.3 Å². The van der Waals surface area contributed by atoms with E-state index in [1.165, 1.54) is 13.2 Å². The molecule has 38 heavy (non-hydrogen) atoms. The highest BCUT2D eigenvalue weighted by Crippen LogP contribution is 2.31. The standard InChI is InChI=1S/C28H24ClN3O6/c1-3-38-22-13-11-21(12-14-22)32-26(34)24(29)25(27(32)35)31-19-9-7-17(8-10-19)15-23(33)30-20-6-4-5-18(16-20)28(36)37-2/h4-14,16,31H,3,15H2,1-2H3,(H,30,33). The molecule has 3 amide bonds. The van der Waals surface area contributed by atoms with Crippen molar-refractivity contribution in [1.29, 1.82) is 0 Å². The van der Waals surface area contributed by atoms with E-state index in [2.05, 4.69) is 10.6 Å². The van der Waals surface area contributed by atoms with E-state index in [1.807, 2.05) is 6.92 Å². The Hall–Kier alpha value is -4.63. The Morgan fingerprint density at radius 3 is 2.29 bits per heavy atom. The lowest BCUT2D eigenvalue weighted by Gasteiger charge is -2.15. The molecule has 1 aliphatic heterocycles. The summed E-state index contributed by atoms with van der Waals surface area (Å²) in [7, 11) is 1.29. The third-order valence-corrected chi connectivity index (χ3v) is 5.94. The van der Waals surface area contributed by atoms with Crippen LogP contribution in [0.5, 0.6) is 5.75 Å².